The number of hydrogen-bond donors (Lipinski definition) is 2. The zero-order chi connectivity index (χ0) is 13.8. The molecule has 0 heterocycles. The second kappa shape index (κ2) is 6.49. The fourth-order valence-corrected chi connectivity index (χ4v) is 2.94. The largest absolute Gasteiger partial charge is 0.320 e. The molecule has 4 nitrogen and oxygen atoms in total. The van der Waals surface area contributed by atoms with E-state index in [1.54, 1.807) is 14.0 Å². The van der Waals surface area contributed by atoms with Crippen molar-refractivity contribution in [3.63, 3.8) is 0 Å². The highest BCUT2D eigenvalue weighted by Crippen LogP contribution is 2.25. The van der Waals surface area contributed by atoms with Gasteiger partial charge in [-0.25, -0.2) is 12.8 Å². The Hall–Kier alpha value is -0.660. The van der Waals surface area contributed by atoms with E-state index in [2.05, 4.69) is 26.0 Å². The molecule has 0 aliphatic rings. The molecule has 0 spiro atoms. The number of halogens is 2. The molecule has 7 heteroatoms. The van der Waals surface area contributed by atoms with E-state index in [0.29, 0.717) is 24.2 Å². The first-order valence-corrected chi connectivity index (χ1v) is 7.91. The topological polar surface area (TPSA) is 58.2 Å². The zero-order valence-corrected chi connectivity index (χ0v) is 12.7. The van der Waals surface area contributed by atoms with Crippen LogP contribution in [-0.4, -0.2) is 27.8 Å². The fraction of sp³-hybridized carbons (Fsp3) is 0.455. The van der Waals surface area contributed by atoms with Gasteiger partial charge in [0.1, 0.15) is 5.82 Å². The van der Waals surface area contributed by atoms with Gasteiger partial charge in [-0.2, -0.15) is 0 Å². The summed E-state index contributed by atoms with van der Waals surface area (Å²) in [5.74, 6) is -0.381. The number of hydrogen-bond acceptors (Lipinski definition) is 3. The molecule has 0 saturated carbocycles. The zero-order valence-electron chi connectivity index (χ0n) is 10.3. The maximum atomic E-state index is 13.2. The molecule has 102 valence electrons. The first-order chi connectivity index (χ1) is 8.35. The van der Waals surface area contributed by atoms with Gasteiger partial charge in [0.2, 0.25) is 10.0 Å². The number of anilines is 1. The van der Waals surface area contributed by atoms with Crippen molar-refractivity contribution in [3.05, 3.63) is 28.0 Å². The smallest absolute Gasteiger partial charge is 0.232 e. The van der Waals surface area contributed by atoms with Gasteiger partial charge in [-0.05, 0) is 60.6 Å². The predicted molar refractivity (Wildman–Crippen MR) is 74.8 cm³/mol. The number of rotatable bonds is 6. The summed E-state index contributed by atoms with van der Waals surface area (Å²) in [5.41, 5.74) is 0.945. The summed E-state index contributed by atoms with van der Waals surface area (Å²) in [6, 6.07) is 2.72. The molecule has 0 aliphatic heterocycles. The van der Waals surface area contributed by atoms with E-state index >= 15 is 0 Å². The van der Waals surface area contributed by atoms with Gasteiger partial charge >= 0.3 is 0 Å². The summed E-state index contributed by atoms with van der Waals surface area (Å²) in [7, 11) is -1.63. The maximum absolute atomic E-state index is 13.2. The molecule has 0 atom stereocenters. The van der Waals surface area contributed by atoms with Gasteiger partial charge in [-0.1, -0.05) is 0 Å². The molecule has 0 saturated heterocycles. The highest BCUT2D eigenvalue weighted by molar-refractivity contribution is 9.10. The Labute approximate surface area is 115 Å². The van der Waals surface area contributed by atoms with Crippen LogP contribution in [0.2, 0.25) is 0 Å². The lowest BCUT2D eigenvalue weighted by atomic mass is 10.2. The van der Waals surface area contributed by atoms with Crippen LogP contribution in [0.3, 0.4) is 0 Å². The number of aryl methyl sites for hydroxylation is 1. The van der Waals surface area contributed by atoms with Gasteiger partial charge in [0, 0.05) is 0 Å². The van der Waals surface area contributed by atoms with E-state index in [-0.39, 0.29) is 10.2 Å². The van der Waals surface area contributed by atoms with Crippen LogP contribution in [0, 0.1) is 12.7 Å². The Morgan fingerprint density at radius 1 is 1.39 bits per heavy atom. The average Bonchev–Trinajstić information content (AvgIpc) is 2.26. The van der Waals surface area contributed by atoms with Crippen LogP contribution in [0.25, 0.3) is 0 Å². The summed E-state index contributed by atoms with van der Waals surface area (Å²) in [6.45, 7) is 2.29. The molecule has 1 rings (SSSR count). The molecule has 0 bridgehead atoms. The van der Waals surface area contributed by atoms with E-state index in [4.69, 9.17) is 0 Å². The van der Waals surface area contributed by atoms with E-state index in [1.165, 1.54) is 12.1 Å². The first kappa shape index (κ1) is 15.4. The van der Waals surface area contributed by atoms with Crippen LogP contribution >= 0.6 is 15.9 Å². The van der Waals surface area contributed by atoms with Crippen LogP contribution in [0.15, 0.2) is 16.6 Å². The summed E-state index contributed by atoms with van der Waals surface area (Å²) in [4.78, 5) is 0. The van der Waals surface area contributed by atoms with Crippen LogP contribution in [0.5, 0.6) is 0 Å². The molecule has 0 radical (unpaired) electrons. The van der Waals surface area contributed by atoms with E-state index in [9.17, 15) is 12.8 Å². The summed E-state index contributed by atoms with van der Waals surface area (Å²) < 4.78 is 39.5. The van der Waals surface area contributed by atoms with Crippen molar-refractivity contribution >= 4 is 31.6 Å². The summed E-state index contributed by atoms with van der Waals surface area (Å²) >= 11 is 3.03. The molecular formula is C11H16BrFN2O2S. The Bertz CT molecular complexity index is 520. The summed E-state index contributed by atoms with van der Waals surface area (Å²) in [6.07, 6.45) is 0.521. The Balaban J connectivity index is 2.81. The van der Waals surface area contributed by atoms with Gasteiger partial charge in [0.25, 0.3) is 0 Å². The third-order valence-electron chi connectivity index (χ3n) is 2.37. The number of benzene rings is 1. The molecule has 1 aromatic carbocycles. The fourth-order valence-electron chi connectivity index (χ4n) is 1.41. The molecule has 2 N–H and O–H groups in total. The molecular weight excluding hydrogens is 323 g/mol. The SMILES string of the molecule is CNCCCS(=O)(=O)Nc1cc(Br)c(F)cc1C. The maximum Gasteiger partial charge on any atom is 0.232 e. The molecule has 0 amide bonds. The van der Waals surface area contributed by atoms with Crippen molar-refractivity contribution < 1.29 is 12.8 Å². The third-order valence-corrected chi connectivity index (χ3v) is 4.34. The van der Waals surface area contributed by atoms with E-state index < -0.39 is 15.8 Å². The monoisotopic (exact) mass is 338 g/mol. The Kier molecular flexibility index (Phi) is 5.55. The molecule has 0 aromatic heterocycles. The van der Waals surface area contributed by atoms with Crippen molar-refractivity contribution in [1.82, 2.24) is 5.32 Å². The highest BCUT2D eigenvalue weighted by atomic mass is 79.9. The quantitative estimate of drug-likeness (QED) is 0.782. The molecule has 0 aliphatic carbocycles. The minimum absolute atomic E-state index is 0.0300. The first-order valence-electron chi connectivity index (χ1n) is 5.46. The van der Waals surface area contributed by atoms with E-state index in [1.807, 2.05) is 0 Å². The second-order valence-electron chi connectivity index (χ2n) is 3.96. The number of sulfonamides is 1. The lowest BCUT2D eigenvalue weighted by molar-refractivity contribution is 0.596. The lowest BCUT2D eigenvalue weighted by Crippen LogP contribution is -2.20. The molecule has 1 aromatic rings. The average molecular weight is 339 g/mol. The van der Waals surface area contributed by atoms with Crippen LogP contribution in [0.4, 0.5) is 10.1 Å². The van der Waals surface area contributed by atoms with Crippen LogP contribution in [0.1, 0.15) is 12.0 Å². The van der Waals surface area contributed by atoms with Gasteiger partial charge in [-0.3, -0.25) is 4.72 Å². The second-order valence-corrected chi connectivity index (χ2v) is 6.66. The summed E-state index contributed by atoms with van der Waals surface area (Å²) in [5, 5.41) is 2.88. The minimum atomic E-state index is -3.39. The minimum Gasteiger partial charge on any atom is -0.320 e. The van der Waals surface area contributed by atoms with Gasteiger partial charge in [-0.15, -0.1) is 0 Å². The number of nitrogens with one attached hydrogen (secondary N) is 2. The lowest BCUT2D eigenvalue weighted by Gasteiger charge is -2.11. The van der Waals surface area contributed by atoms with Crippen molar-refractivity contribution in [2.24, 2.45) is 0 Å². The normalized spacial score (nSPS) is 11.6. The van der Waals surface area contributed by atoms with Gasteiger partial charge in [0.05, 0.1) is 15.9 Å². The van der Waals surface area contributed by atoms with Gasteiger partial charge in [0.15, 0.2) is 0 Å². The van der Waals surface area contributed by atoms with Crippen molar-refractivity contribution in [3.8, 4) is 0 Å². The molecule has 18 heavy (non-hydrogen) atoms. The van der Waals surface area contributed by atoms with Crippen molar-refractivity contribution in [2.45, 2.75) is 13.3 Å². The van der Waals surface area contributed by atoms with Gasteiger partial charge < -0.3 is 5.32 Å². The standard InChI is InChI=1S/C11H16BrFN2O2S/c1-8-6-10(13)9(12)7-11(8)15-18(16,17)5-3-4-14-2/h6-7,14-15H,3-5H2,1-2H3. The molecule has 0 fully saturated rings. The predicted octanol–water partition coefficient (Wildman–Crippen LogP) is 2.25. The van der Waals surface area contributed by atoms with E-state index in [0.717, 1.165) is 0 Å². The third kappa shape index (κ3) is 4.55. The van der Waals surface area contributed by atoms with Crippen molar-refractivity contribution in [1.29, 1.82) is 0 Å². The Morgan fingerprint density at radius 2 is 2.06 bits per heavy atom. The van der Waals surface area contributed by atoms with Crippen LogP contribution < -0.4 is 10.0 Å². The van der Waals surface area contributed by atoms with Crippen molar-refractivity contribution in [2.75, 3.05) is 24.1 Å². The highest BCUT2D eigenvalue weighted by Gasteiger charge is 2.13. The van der Waals surface area contributed by atoms with Crippen LogP contribution in [-0.2, 0) is 10.0 Å². The molecule has 0 unspecified atom stereocenters. The Morgan fingerprint density at radius 3 is 2.67 bits per heavy atom.